The van der Waals surface area contributed by atoms with Crippen molar-refractivity contribution in [3.8, 4) is 0 Å². The van der Waals surface area contributed by atoms with Gasteiger partial charge in [-0.2, -0.15) is 0 Å². The number of amides is 1. The molecule has 0 atom stereocenters. The summed E-state index contributed by atoms with van der Waals surface area (Å²) in [4.78, 5) is 25.7. The van der Waals surface area contributed by atoms with Crippen molar-refractivity contribution in [3.63, 3.8) is 0 Å². The van der Waals surface area contributed by atoms with Crippen LogP contribution in [0.3, 0.4) is 0 Å². The third kappa shape index (κ3) is 4.16. The first-order valence-corrected chi connectivity index (χ1v) is 10.1. The molecule has 0 fully saturated rings. The Morgan fingerprint density at radius 3 is 2.56 bits per heavy atom. The lowest BCUT2D eigenvalue weighted by atomic mass is 10.1. The zero-order valence-corrected chi connectivity index (χ0v) is 16.3. The second-order valence-electron chi connectivity index (χ2n) is 5.82. The number of nitrogens with one attached hydrogen (secondary N) is 1. The van der Waals surface area contributed by atoms with E-state index in [0.29, 0.717) is 12.8 Å². The van der Waals surface area contributed by atoms with E-state index in [2.05, 4.69) is 20.3 Å². The van der Waals surface area contributed by atoms with Gasteiger partial charge in [0, 0.05) is 23.5 Å². The van der Waals surface area contributed by atoms with Crippen molar-refractivity contribution in [1.82, 2.24) is 15.0 Å². The van der Waals surface area contributed by atoms with Crippen molar-refractivity contribution >= 4 is 44.9 Å². The molecule has 3 rings (SSSR count). The Bertz CT molecular complexity index is 913. The topological polar surface area (TPSA) is 67.8 Å². The summed E-state index contributed by atoms with van der Waals surface area (Å²) in [5.74, 6) is -0.00618. The van der Waals surface area contributed by atoms with Crippen LogP contribution < -0.4 is 5.32 Å². The zero-order valence-electron chi connectivity index (χ0n) is 14.7. The number of anilines is 1. The predicted molar refractivity (Wildman–Crippen MR) is 105 cm³/mol. The second kappa shape index (κ2) is 7.49. The van der Waals surface area contributed by atoms with Crippen LogP contribution in [0.5, 0.6) is 0 Å². The molecule has 0 aliphatic heterocycles. The van der Waals surface area contributed by atoms with E-state index >= 15 is 0 Å². The highest BCUT2D eigenvalue weighted by Crippen LogP contribution is 2.25. The molecule has 1 amide bonds. The molecule has 0 radical (unpaired) electrons. The number of nitrogens with zero attached hydrogens (tertiary/aromatic N) is 3. The first-order valence-electron chi connectivity index (χ1n) is 8.01. The number of aromatic nitrogens is 3. The molecule has 5 nitrogen and oxygen atoms in total. The fraction of sp³-hybridized carbons (Fsp3) is 0.333. The number of hydrogen-bond donors (Lipinski definition) is 1. The van der Waals surface area contributed by atoms with Gasteiger partial charge in [0.2, 0.25) is 5.91 Å². The van der Waals surface area contributed by atoms with Crippen LogP contribution in [0.2, 0.25) is 0 Å². The molecule has 0 unspecified atom stereocenters. The summed E-state index contributed by atoms with van der Waals surface area (Å²) in [5, 5.41) is 4.77. The summed E-state index contributed by atoms with van der Waals surface area (Å²) in [7, 11) is 0. The highest BCUT2D eigenvalue weighted by atomic mass is 32.2. The maximum absolute atomic E-state index is 12.3. The minimum absolute atomic E-state index is 0.00618. The summed E-state index contributed by atoms with van der Waals surface area (Å²) < 4.78 is 1.09. The number of thioether (sulfide) groups is 1. The monoisotopic (exact) mass is 372 g/mol. The van der Waals surface area contributed by atoms with Gasteiger partial charge < -0.3 is 5.32 Å². The molecule has 1 N–H and O–H groups in total. The molecule has 2 aromatic heterocycles. The van der Waals surface area contributed by atoms with E-state index in [9.17, 15) is 4.79 Å². The number of fused-ring (bicyclic) bond motifs is 1. The zero-order chi connectivity index (χ0) is 18.0. The highest BCUT2D eigenvalue weighted by Gasteiger charge is 2.11. The Hall–Kier alpha value is -1.99. The van der Waals surface area contributed by atoms with E-state index in [1.807, 2.05) is 45.2 Å². The number of hydrogen-bond acceptors (Lipinski definition) is 6. The third-order valence-corrected chi connectivity index (χ3v) is 5.45. The van der Waals surface area contributed by atoms with Gasteiger partial charge >= 0.3 is 0 Å². The van der Waals surface area contributed by atoms with E-state index < -0.39 is 0 Å². The SMILES string of the molecule is CSc1nc(C)c(CCC(=O)Nc2ccc3nc(C)sc3c2)c(C)n1. The summed E-state index contributed by atoms with van der Waals surface area (Å²) in [5.41, 5.74) is 4.74. The quantitative estimate of drug-likeness (QED) is 0.534. The van der Waals surface area contributed by atoms with E-state index in [-0.39, 0.29) is 5.91 Å². The van der Waals surface area contributed by atoms with Gasteiger partial charge in [0.1, 0.15) is 0 Å². The Balaban J connectivity index is 1.66. The first kappa shape index (κ1) is 17.8. The van der Waals surface area contributed by atoms with Crippen molar-refractivity contribution in [2.24, 2.45) is 0 Å². The fourth-order valence-electron chi connectivity index (χ4n) is 2.74. The normalized spacial score (nSPS) is 11.0. The summed E-state index contributed by atoms with van der Waals surface area (Å²) in [6.07, 6.45) is 3.01. The molecular weight excluding hydrogens is 352 g/mol. The smallest absolute Gasteiger partial charge is 0.224 e. The molecule has 1 aromatic carbocycles. The molecule has 0 spiro atoms. The van der Waals surface area contributed by atoms with E-state index in [0.717, 1.165) is 43.0 Å². The molecule has 3 aromatic rings. The number of thiazole rings is 1. The summed E-state index contributed by atoms with van der Waals surface area (Å²) in [6, 6.07) is 5.81. The minimum atomic E-state index is -0.00618. The van der Waals surface area contributed by atoms with E-state index in [4.69, 9.17) is 0 Å². The van der Waals surface area contributed by atoms with Crippen LogP contribution in [-0.4, -0.2) is 27.1 Å². The molecule has 0 bridgehead atoms. The second-order valence-corrected chi connectivity index (χ2v) is 7.83. The average Bonchev–Trinajstić information content (AvgIpc) is 2.93. The first-order chi connectivity index (χ1) is 12.0. The van der Waals surface area contributed by atoms with Crippen molar-refractivity contribution < 1.29 is 4.79 Å². The molecule has 7 heteroatoms. The highest BCUT2D eigenvalue weighted by molar-refractivity contribution is 7.98. The fourth-order valence-corrected chi connectivity index (χ4v) is 4.06. The van der Waals surface area contributed by atoms with Crippen LogP contribution in [0.15, 0.2) is 23.4 Å². The Morgan fingerprint density at radius 2 is 1.88 bits per heavy atom. The standard InChI is InChI=1S/C18H20N4OS2/c1-10-14(11(2)20-18(19-10)24-4)6-8-17(23)22-13-5-7-15-16(9-13)25-12(3)21-15/h5,7,9H,6,8H2,1-4H3,(H,22,23). The number of aryl methyl sites for hydroxylation is 3. The lowest BCUT2D eigenvalue weighted by Crippen LogP contribution is -2.13. The lowest BCUT2D eigenvalue weighted by Gasteiger charge is -2.10. The lowest BCUT2D eigenvalue weighted by molar-refractivity contribution is -0.116. The van der Waals surface area contributed by atoms with Crippen LogP contribution in [0.1, 0.15) is 28.4 Å². The molecule has 25 heavy (non-hydrogen) atoms. The van der Waals surface area contributed by atoms with E-state index in [1.165, 1.54) is 11.8 Å². The van der Waals surface area contributed by atoms with Gasteiger partial charge in [-0.1, -0.05) is 11.8 Å². The number of rotatable bonds is 5. The maximum Gasteiger partial charge on any atom is 0.224 e. The third-order valence-electron chi connectivity index (χ3n) is 3.96. The van der Waals surface area contributed by atoms with Gasteiger partial charge in [-0.25, -0.2) is 15.0 Å². The average molecular weight is 373 g/mol. The van der Waals surface area contributed by atoms with Gasteiger partial charge in [-0.05, 0) is 57.2 Å². The largest absolute Gasteiger partial charge is 0.326 e. The van der Waals surface area contributed by atoms with Gasteiger partial charge in [0.25, 0.3) is 0 Å². The van der Waals surface area contributed by atoms with Crippen molar-refractivity contribution in [1.29, 1.82) is 0 Å². The minimum Gasteiger partial charge on any atom is -0.326 e. The van der Waals surface area contributed by atoms with Crippen molar-refractivity contribution in [2.45, 2.75) is 38.8 Å². The molecular formula is C18H20N4OS2. The van der Waals surface area contributed by atoms with Crippen molar-refractivity contribution in [2.75, 3.05) is 11.6 Å². The van der Waals surface area contributed by atoms with Crippen LogP contribution >= 0.6 is 23.1 Å². The molecule has 0 saturated carbocycles. The number of benzene rings is 1. The van der Waals surface area contributed by atoms with Gasteiger partial charge in [0.05, 0.1) is 15.2 Å². The van der Waals surface area contributed by atoms with Gasteiger partial charge in [0.15, 0.2) is 5.16 Å². The Kier molecular flexibility index (Phi) is 5.34. The van der Waals surface area contributed by atoms with Crippen LogP contribution in [0.25, 0.3) is 10.2 Å². The molecule has 0 aliphatic carbocycles. The Morgan fingerprint density at radius 1 is 1.16 bits per heavy atom. The van der Waals surface area contributed by atoms with Crippen LogP contribution in [0, 0.1) is 20.8 Å². The molecule has 2 heterocycles. The molecule has 0 aliphatic rings. The maximum atomic E-state index is 12.3. The van der Waals surface area contributed by atoms with E-state index in [1.54, 1.807) is 11.3 Å². The van der Waals surface area contributed by atoms with Gasteiger partial charge in [-0.15, -0.1) is 11.3 Å². The summed E-state index contributed by atoms with van der Waals surface area (Å²) >= 11 is 3.16. The Labute approximate surface area is 155 Å². The number of carbonyl (C=O) groups excluding carboxylic acids is 1. The van der Waals surface area contributed by atoms with Crippen molar-refractivity contribution in [3.05, 3.63) is 40.2 Å². The van der Waals surface area contributed by atoms with Gasteiger partial charge in [-0.3, -0.25) is 4.79 Å². The predicted octanol–water partition coefficient (Wildman–Crippen LogP) is 4.30. The van der Waals surface area contributed by atoms with Crippen LogP contribution in [0.4, 0.5) is 5.69 Å². The molecule has 130 valence electrons. The molecule has 0 saturated heterocycles. The summed E-state index contributed by atoms with van der Waals surface area (Å²) in [6.45, 7) is 5.93. The van der Waals surface area contributed by atoms with Crippen LogP contribution in [-0.2, 0) is 11.2 Å². The number of carbonyl (C=O) groups is 1.